The number of ether oxygens (including phenoxy) is 1. The number of nitrogens with zero attached hydrogens (tertiary/aromatic N) is 4. The third-order valence-electron chi connectivity index (χ3n) is 5.21. The predicted octanol–water partition coefficient (Wildman–Crippen LogP) is 6.03. The minimum absolute atomic E-state index is 0.100. The molecule has 3 aromatic rings. The number of hydrogen-bond donors (Lipinski definition) is 0. The number of thioether (sulfide) groups is 1. The van der Waals surface area contributed by atoms with Crippen LogP contribution >= 0.6 is 23.1 Å². The van der Waals surface area contributed by atoms with Crippen LogP contribution in [0.1, 0.15) is 56.2 Å². The highest BCUT2D eigenvalue weighted by molar-refractivity contribution is 7.99. The molecule has 0 unspecified atom stereocenters. The van der Waals surface area contributed by atoms with Gasteiger partial charge in [0, 0.05) is 18.2 Å². The number of aryl methyl sites for hydroxylation is 1. The lowest BCUT2D eigenvalue weighted by molar-refractivity contribution is -0.118. The maximum atomic E-state index is 12.8. The third-order valence-corrected chi connectivity index (χ3v) is 7.18. The molecule has 0 saturated carbocycles. The van der Waals surface area contributed by atoms with Gasteiger partial charge in [-0.2, -0.15) is 4.98 Å². The van der Waals surface area contributed by atoms with Crippen molar-refractivity contribution in [2.45, 2.75) is 57.8 Å². The lowest BCUT2D eigenvalue weighted by Crippen LogP contribution is -2.35. The van der Waals surface area contributed by atoms with E-state index < -0.39 is 6.23 Å². The van der Waals surface area contributed by atoms with Crippen molar-refractivity contribution in [3.05, 3.63) is 46.2 Å². The molecular formula is C23H26N4O2S2. The summed E-state index contributed by atoms with van der Waals surface area (Å²) >= 11 is 3.17. The molecule has 0 radical (unpaired) electrons. The molecular weight excluding hydrogens is 428 g/mol. The SMILES string of the molecule is CCCCCCSc1nnc2c(n1)O[C@H](c1sccc1C)N(C(C)=O)c1ccccc1-2. The molecule has 2 aromatic heterocycles. The number of carbonyl (C=O) groups excluding carboxylic acids is 1. The molecule has 0 bridgehead atoms. The van der Waals surface area contributed by atoms with E-state index in [4.69, 9.17) is 9.72 Å². The second-order valence-corrected chi connectivity index (χ2v) is 9.51. The van der Waals surface area contributed by atoms with Crippen molar-refractivity contribution in [3.63, 3.8) is 0 Å². The maximum absolute atomic E-state index is 12.8. The van der Waals surface area contributed by atoms with Crippen LogP contribution in [0.3, 0.4) is 0 Å². The van der Waals surface area contributed by atoms with Crippen LogP contribution in [0, 0.1) is 6.92 Å². The number of para-hydroxylation sites is 1. The summed E-state index contributed by atoms with van der Waals surface area (Å²) in [6.45, 7) is 5.79. The van der Waals surface area contributed by atoms with Gasteiger partial charge in [-0.1, -0.05) is 56.1 Å². The third kappa shape index (κ3) is 4.60. The highest BCUT2D eigenvalue weighted by Crippen LogP contribution is 2.44. The molecule has 1 aromatic carbocycles. The molecule has 1 atom stereocenters. The fourth-order valence-corrected chi connectivity index (χ4v) is 5.33. The van der Waals surface area contributed by atoms with E-state index in [0.29, 0.717) is 16.7 Å². The largest absolute Gasteiger partial charge is 0.446 e. The molecule has 1 aliphatic rings. The summed E-state index contributed by atoms with van der Waals surface area (Å²) in [6.07, 6.45) is 4.19. The highest BCUT2D eigenvalue weighted by atomic mass is 32.2. The number of carbonyl (C=O) groups is 1. The molecule has 162 valence electrons. The van der Waals surface area contributed by atoms with Gasteiger partial charge in [-0.3, -0.25) is 9.69 Å². The smallest absolute Gasteiger partial charge is 0.247 e. The first kappa shape index (κ1) is 21.8. The molecule has 1 amide bonds. The fraction of sp³-hybridized carbons (Fsp3) is 0.391. The first-order valence-electron chi connectivity index (χ1n) is 10.6. The number of unbranched alkanes of at least 4 members (excludes halogenated alkanes) is 3. The zero-order valence-electron chi connectivity index (χ0n) is 18.0. The van der Waals surface area contributed by atoms with Crippen molar-refractivity contribution >= 4 is 34.7 Å². The molecule has 8 heteroatoms. The van der Waals surface area contributed by atoms with E-state index in [1.54, 1.807) is 34.9 Å². The quantitative estimate of drug-likeness (QED) is 0.321. The Kier molecular flexibility index (Phi) is 6.87. The predicted molar refractivity (Wildman–Crippen MR) is 126 cm³/mol. The number of aromatic nitrogens is 3. The highest BCUT2D eigenvalue weighted by Gasteiger charge is 2.35. The molecule has 0 fully saturated rings. The van der Waals surface area contributed by atoms with Crippen molar-refractivity contribution in [3.8, 4) is 17.1 Å². The lowest BCUT2D eigenvalue weighted by atomic mass is 10.1. The number of benzene rings is 1. The van der Waals surface area contributed by atoms with Gasteiger partial charge in [0.25, 0.3) is 0 Å². The van der Waals surface area contributed by atoms with Gasteiger partial charge in [0.15, 0.2) is 5.69 Å². The summed E-state index contributed by atoms with van der Waals surface area (Å²) in [6, 6.07) is 9.73. The monoisotopic (exact) mass is 454 g/mol. The zero-order valence-corrected chi connectivity index (χ0v) is 19.6. The number of rotatable bonds is 7. The van der Waals surface area contributed by atoms with Crippen LogP contribution in [0.2, 0.25) is 0 Å². The Balaban J connectivity index is 1.74. The van der Waals surface area contributed by atoms with Crippen molar-refractivity contribution in [2.75, 3.05) is 10.7 Å². The second-order valence-electron chi connectivity index (χ2n) is 7.50. The Labute approximate surface area is 191 Å². The van der Waals surface area contributed by atoms with Gasteiger partial charge in [0.1, 0.15) is 0 Å². The van der Waals surface area contributed by atoms with Gasteiger partial charge in [-0.25, -0.2) is 0 Å². The maximum Gasteiger partial charge on any atom is 0.247 e. The number of fused-ring (bicyclic) bond motifs is 3. The Morgan fingerprint density at radius 3 is 2.77 bits per heavy atom. The van der Waals surface area contributed by atoms with Gasteiger partial charge in [0.05, 0.1) is 10.6 Å². The summed E-state index contributed by atoms with van der Waals surface area (Å²) < 4.78 is 6.41. The molecule has 3 heterocycles. The minimum Gasteiger partial charge on any atom is -0.446 e. The lowest BCUT2D eigenvalue weighted by Gasteiger charge is -2.29. The Hall–Kier alpha value is -2.45. The Morgan fingerprint density at radius 2 is 2.03 bits per heavy atom. The minimum atomic E-state index is -0.598. The van der Waals surface area contributed by atoms with Crippen LogP contribution in [0.5, 0.6) is 5.88 Å². The number of hydrogen-bond acceptors (Lipinski definition) is 7. The van der Waals surface area contributed by atoms with Crippen LogP contribution in [0.15, 0.2) is 40.9 Å². The Bertz CT molecular complexity index is 1070. The number of thiophene rings is 1. The van der Waals surface area contributed by atoms with Gasteiger partial charge in [0.2, 0.25) is 23.2 Å². The van der Waals surface area contributed by atoms with E-state index in [0.717, 1.165) is 33.9 Å². The van der Waals surface area contributed by atoms with Gasteiger partial charge in [-0.15, -0.1) is 21.5 Å². The molecule has 31 heavy (non-hydrogen) atoms. The molecule has 0 saturated heterocycles. The second kappa shape index (κ2) is 9.78. The molecule has 0 spiro atoms. The van der Waals surface area contributed by atoms with E-state index in [9.17, 15) is 4.79 Å². The van der Waals surface area contributed by atoms with Crippen LogP contribution in [0.25, 0.3) is 11.3 Å². The summed E-state index contributed by atoms with van der Waals surface area (Å²) in [5, 5.41) is 11.4. The first-order valence-corrected chi connectivity index (χ1v) is 12.4. The topological polar surface area (TPSA) is 68.2 Å². The van der Waals surface area contributed by atoms with Gasteiger partial charge in [-0.05, 0) is 36.4 Å². The van der Waals surface area contributed by atoms with E-state index in [2.05, 4.69) is 17.1 Å². The van der Waals surface area contributed by atoms with Crippen molar-refractivity contribution in [1.29, 1.82) is 0 Å². The molecule has 4 rings (SSSR count). The number of amides is 1. The summed E-state index contributed by atoms with van der Waals surface area (Å²) in [7, 11) is 0. The summed E-state index contributed by atoms with van der Waals surface area (Å²) in [5.74, 6) is 1.26. The average Bonchev–Trinajstić information content (AvgIpc) is 3.13. The zero-order chi connectivity index (χ0) is 21.8. The average molecular weight is 455 g/mol. The fourth-order valence-electron chi connectivity index (χ4n) is 3.61. The van der Waals surface area contributed by atoms with Gasteiger partial charge < -0.3 is 4.74 Å². The van der Waals surface area contributed by atoms with Crippen LogP contribution in [-0.2, 0) is 4.79 Å². The van der Waals surface area contributed by atoms with E-state index >= 15 is 0 Å². The normalized spacial score (nSPS) is 15.1. The van der Waals surface area contributed by atoms with Crippen LogP contribution < -0.4 is 9.64 Å². The molecule has 0 aliphatic carbocycles. The van der Waals surface area contributed by atoms with Crippen LogP contribution in [0.4, 0.5) is 5.69 Å². The molecule has 1 aliphatic heterocycles. The van der Waals surface area contributed by atoms with Crippen LogP contribution in [-0.4, -0.2) is 26.8 Å². The first-order chi connectivity index (χ1) is 15.1. The van der Waals surface area contributed by atoms with Gasteiger partial charge >= 0.3 is 0 Å². The van der Waals surface area contributed by atoms with Crippen molar-refractivity contribution in [1.82, 2.24) is 15.2 Å². The number of anilines is 1. The molecule has 6 nitrogen and oxygen atoms in total. The summed E-state index contributed by atoms with van der Waals surface area (Å²) in [5.41, 5.74) is 3.19. The summed E-state index contributed by atoms with van der Waals surface area (Å²) in [4.78, 5) is 20.1. The van der Waals surface area contributed by atoms with Crippen molar-refractivity contribution < 1.29 is 9.53 Å². The van der Waals surface area contributed by atoms with E-state index in [-0.39, 0.29) is 5.91 Å². The van der Waals surface area contributed by atoms with Crippen molar-refractivity contribution in [2.24, 2.45) is 0 Å². The standard InChI is InChI=1S/C23H26N4O2S2/c1-4-5-6-9-13-31-23-24-21-19(25-26-23)17-10-7-8-11-18(17)27(16(3)28)22(29-21)20-15(2)12-14-30-20/h7-8,10-12,14,22H,4-6,9,13H2,1-3H3/t22-/m1/s1. The van der Waals surface area contributed by atoms with E-state index in [1.807, 2.05) is 42.6 Å². The molecule has 0 N–H and O–H groups in total. The Morgan fingerprint density at radius 1 is 1.19 bits per heavy atom. The van der Waals surface area contributed by atoms with E-state index in [1.165, 1.54) is 19.3 Å².